The number of allylic oxidation sites excluding steroid dienone is 2. The Bertz CT molecular complexity index is 236. The zero-order chi connectivity index (χ0) is 14.3. The van der Waals surface area contributed by atoms with E-state index in [2.05, 4.69) is 19.1 Å². The van der Waals surface area contributed by atoms with Crippen LogP contribution in [0.1, 0.15) is 77.6 Å². The predicted molar refractivity (Wildman–Crippen MR) is 79.2 cm³/mol. The number of rotatable bonds is 13. The van der Waals surface area contributed by atoms with Crippen LogP contribution in [0.5, 0.6) is 0 Å². The Morgan fingerprint density at radius 1 is 1.00 bits per heavy atom. The summed E-state index contributed by atoms with van der Waals surface area (Å²) in [7, 11) is 0. The molecule has 3 nitrogen and oxygen atoms in total. The van der Waals surface area contributed by atoms with Crippen LogP contribution in [0.15, 0.2) is 12.2 Å². The van der Waals surface area contributed by atoms with Gasteiger partial charge >= 0.3 is 5.97 Å². The number of carbonyl (C=O) groups is 1. The molecular formula is C16H30O3. The van der Waals surface area contributed by atoms with Gasteiger partial charge in [0, 0.05) is 0 Å². The van der Waals surface area contributed by atoms with Gasteiger partial charge in [0.15, 0.2) is 0 Å². The van der Waals surface area contributed by atoms with Gasteiger partial charge in [-0.1, -0.05) is 51.2 Å². The number of aliphatic hydroxyl groups is 1. The lowest BCUT2D eigenvalue weighted by Crippen LogP contribution is -2.12. The van der Waals surface area contributed by atoms with Crippen molar-refractivity contribution in [3.8, 4) is 0 Å². The molecule has 0 saturated carbocycles. The average molecular weight is 270 g/mol. The van der Waals surface area contributed by atoms with Crippen molar-refractivity contribution in [1.29, 1.82) is 0 Å². The van der Waals surface area contributed by atoms with Crippen molar-refractivity contribution in [3.63, 3.8) is 0 Å². The highest BCUT2D eigenvalue weighted by Gasteiger charge is 2.07. The first-order valence-corrected chi connectivity index (χ1v) is 7.71. The lowest BCUT2D eigenvalue weighted by molar-refractivity contribution is -0.139. The first-order chi connectivity index (χ1) is 9.16. The van der Waals surface area contributed by atoms with E-state index in [1.165, 1.54) is 38.5 Å². The second kappa shape index (κ2) is 13.6. The molecule has 0 aromatic rings. The molecular weight excluding hydrogens is 240 g/mol. The first-order valence-electron chi connectivity index (χ1n) is 7.71. The number of carboxylic acids is 1. The molecule has 0 aliphatic rings. The third kappa shape index (κ3) is 15.1. The number of aliphatic carboxylic acids is 1. The van der Waals surface area contributed by atoms with Crippen LogP contribution in [-0.2, 0) is 4.79 Å². The van der Waals surface area contributed by atoms with Crippen molar-refractivity contribution in [2.24, 2.45) is 0 Å². The van der Waals surface area contributed by atoms with Gasteiger partial charge in [0.05, 0.1) is 12.5 Å². The average Bonchev–Trinajstić information content (AvgIpc) is 2.35. The molecule has 0 bridgehead atoms. The highest BCUT2D eigenvalue weighted by Crippen LogP contribution is 2.08. The van der Waals surface area contributed by atoms with E-state index in [0.29, 0.717) is 6.42 Å². The summed E-state index contributed by atoms with van der Waals surface area (Å²) in [5, 5.41) is 17.8. The molecule has 112 valence electrons. The molecule has 0 radical (unpaired) electrons. The third-order valence-corrected chi connectivity index (χ3v) is 3.21. The van der Waals surface area contributed by atoms with Gasteiger partial charge in [-0.3, -0.25) is 4.79 Å². The van der Waals surface area contributed by atoms with Crippen LogP contribution in [-0.4, -0.2) is 22.3 Å². The summed E-state index contributed by atoms with van der Waals surface area (Å²) in [6.45, 7) is 2.23. The number of unbranched alkanes of at least 4 members (excludes halogenated alkanes) is 7. The highest BCUT2D eigenvalue weighted by molar-refractivity contribution is 5.67. The molecule has 0 rings (SSSR count). The van der Waals surface area contributed by atoms with Gasteiger partial charge < -0.3 is 10.2 Å². The van der Waals surface area contributed by atoms with E-state index < -0.39 is 12.1 Å². The standard InChI is InChI=1S/C16H30O3/c1-2-3-4-5-6-7-8-9-10-11-12-13-15(17)14-16(18)19/h9-10,15,17H,2-8,11-14H2,1H3,(H,18,19)/b10-9-. The van der Waals surface area contributed by atoms with Crippen LogP contribution in [0.25, 0.3) is 0 Å². The van der Waals surface area contributed by atoms with Crippen molar-refractivity contribution >= 4 is 5.97 Å². The number of hydrogen-bond donors (Lipinski definition) is 2. The van der Waals surface area contributed by atoms with Crippen LogP contribution in [0.2, 0.25) is 0 Å². The fourth-order valence-electron chi connectivity index (χ4n) is 2.05. The monoisotopic (exact) mass is 270 g/mol. The van der Waals surface area contributed by atoms with Gasteiger partial charge in [-0.15, -0.1) is 0 Å². The largest absolute Gasteiger partial charge is 0.481 e. The predicted octanol–water partition coefficient (Wildman–Crippen LogP) is 4.30. The van der Waals surface area contributed by atoms with Crippen molar-refractivity contribution in [1.82, 2.24) is 0 Å². The molecule has 19 heavy (non-hydrogen) atoms. The first kappa shape index (κ1) is 18.2. The molecule has 0 spiro atoms. The van der Waals surface area contributed by atoms with E-state index in [1.807, 2.05) is 0 Å². The summed E-state index contributed by atoms with van der Waals surface area (Å²) < 4.78 is 0. The quantitative estimate of drug-likeness (QED) is 0.387. The Balaban J connectivity index is 3.23. The van der Waals surface area contributed by atoms with Crippen molar-refractivity contribution in [2.75, 3.05) is 0 Å². The second-order valence-electron chi connectivity index (χ2n) is 5.21. The fraction of sp³-hybridized carbons (Fsp3) is 0.812. The minimum Gasteiger partial charge on any atom is -0.481 e. The summed E-state index contributed by atoms with van der Waals surface area (Å²) >= 11 is 0. The third-order valence-electron chi connectivity index (χ3n) is 3.21. The minimum absolute atomic E-state index is 0.137. The SMILES string of the molecule is CCCCCCCC/C=C\CCCC(O)CC(=O)O. The molecule has 1 unspecified atom stereocenters. The van der Waals surface area contributed by atoms with E-state index in [4.69, 9.17) is 5.11 Å². The van der Waals surface area contributed by atoms with E-state index in [1.54, 1.807) is 0 Å². The van der Waals surface area contributed by atoms with Crippen LogP contribution < -0.4 is 0 Å². The molecule has 0 fully saturated rings. The highest BCUT2D eigenvalue weighted by atomic mass is 16.4. The summed E-state index contributed by atoms with van der Waals surface area (Å²) in [5.74, 6) is -0.925. The molecule has 0 saturated heterocycles. The van der Waals surface area contributed by atoms with E-state index >= 15 is 0 Å². The van der Waals surface area contributed by atoms with Crippen LogP contribution >= 0.6 is 0 Å². The Morgan fingerprint density at radius 2 is 1.58 bits per heavy atom. The Morgan fingerprint density at radius 3 is 2.21 bits per heavy atom. The van der Waals surface area contributed by atoms with Crippen LogP contribution in [0.3, 0.4) is 0 Å². The molecule has 0 aliphatic carbocycles. The summed E-state index contributed by atoms with van der Waals surface area (Å²) in [5.41, 5.74) is 0. The second-order valence-corrected chi connectivity index (χ2v) is 5.21. The molecule has 1 atom stereocenters. The number of aliphatic hydroxyl groups excluding tert-OH is 1. The van der Waals surface area contributed by atoms with Crippen LogP contribution in [0.4, 0.5) is 0 Å². The van der Waals surface area contributed by atoms with Crippen molar-refractivity contribution < 1.29 is 15.0 Å². The topological polar surface area (TPSA) is 57.5 Å². The Kier molecular flexibility index (Phi) is 13.0. The van der Waals surface area contributed by atoms with Crippen molar-refractivity contribution in [2.45, 2.75) is 83.7 Å². The molecule has 0 aliphatic heterocycles. The zero-order valence-corrected chi connectivity index (χ0v) is 12.3. The minimum atomic E-state index is -0.925. The van der Waals surface area contributed by atoms with Crippen molar-refractivity contribution in [3.05, 3.63) is 12.2 Å². The Hall–Kier alpha value is -0.830. The Labute approximate surface area is 117 Å². The summed E-state index contributed by atoms with van der Waals surface area (Å²) in [4.78, 5) is 10.3. The molecule has 0 amide bonds. The van der Waals surface area contributed by atoms with E-state index in [0.717, 1.165) is 19.3 Å². The lowest BCUT2D eigenvalue weighted by atomic mass is 10.1. The van der Waals surface area contributed by atoms with Gasteiger partial charge in [-0.2, -0.15) is 0 Å². The number of carboxylic acid groups (broad SMARTS) is 1. The maximum Gasteiger partial charge on any atom is 0.305 e. The normalized spacial score (nSPS) is 12.9. The zero-order valence-electron chi connectivity index (χ0n) is 12.3. The maximum absolute atomic E-state index is 10.3. The molecule has 0 heterocycles. The van der Waals surface area contributed by atoms with Gasteiger partial charge in [0.1, 0.15) is 0 Å². The number of hydrogen-bond acceptors (Lipinski definition) is 2. The summed E-state index contributed by atoms with van der Waals surface area (Å²) in [6, 6.07) is 0. The van der Waals surface area contributed by atoms with Gasteiger partial charge in [-0.25, -0.2) is 0 Å². The maximum atomic E-state index is 10.3. The molecule has 0 aromatic carbocycles. The smallest absolute Gasteiger partial charge is 0.305 e. The fourth-order valence-corrected chi connectivity index (χ4v) is 2.05. The van der Waals surface area contributed by atoms with Gasteiger partial charge in [0.2, 0.25) is 0 Å². The molecule has 0 aromatic heterocycles. The van der Waals surface area contributed by atoms with Gasteiger partial charge in [0.25, 0.3) is 0 Å². The van der Waals surface area contributed by atoms with E-state index in [-0.39, 0.29) is 6.42 Å². The molecule has 3 heteroatoms. The van der Waals surface area contributed by atoms with Crippen LogP contribution in [0, 0.1) is 0 Å². The lowest BCUT2D eigenvalue weighted by Gasteiger charge is -2.05. The van der Waals surface area contributed by atoms with Gasteiger partial charge in [-0.05, 0) is 32.1 Å². The summed E-state index contributed by atoms with van der Waals surface area (Å²) in [6.07, 6.45) is 15.0. The molecule has 2 N–H and O–H groups in total. The van der Waals surface area contributed by atoms with E-state index in [9.17, 15) is 9.90 Å².